The highest BCUT2D eigenvalue weighted by molar-refractivity contribution is 5.76. The van der Waals surface area contributed by atoms with E-state index in [-0.39, 0.29) is 5.54 Å². The predicted molar refractivity (Wildman–Crippen MR) is 75.4 cm³/mol. The maximum atomic E-state index is 9.61. The second kappa shape index (κ2) is 4.08. The lowest BCUT2D eigenvalue weighted by atomic mass is 9.89. The molecule has 0 bridgehead atoms. The average molecular weight is 246 g/mol. The number of phenolic OH excluding ortho intramolecular Hbond substituents is 1. The van der Waals surface area contributed by atoms with Gasteiger partial charge in [0.2, 0.25) is 0 Å². The largest absolute Gasteiger partial charge is 0.508 e. The molecule has 0 saturated heterocycles. The van der Waals surface area contributed by atoms with Crippen molar-refractivity contribution in [1.29, 1.82) is 0 Å². The molecule has 0 radical (unpaired) electrons. The van der Waals surface area contributed by atoms with E-state index < -0.39 is 0 Å². The fourth-order valence-corrected chi connectivity index (χ4v) is 3.75. The van der Waals surface area contributed by atoms with E-state index in [4.69, 9.17) is 0 Å². The minimum Gasteiger partial charge on any atom is -0.508 e. The molecule has 3 heteroatoms. The molecule has 18 heavy (non-hydrogen) atoms. The molecule has 0 aromatic heterocycles. The molecule has 0 amide bonds. The molecular weight excluding hydrogens is 224 g/mol. The number of hydrogen-bond donors (Lipinski definition) is 2. The monoisotopic (exact) mass is 246 g/mol. The van der Waals surface area contributed by atoms with Crippen LogP contribution in [0.1, 0.15) is 39.5 Å². The number of fused-ring (bicyclic) bond motifs is 1. The van der Waals surface area contributed by atoms with Crippen LogP contribution >= 0.6 is 0 Å². The Labute approximate surface area is 109 Å². The lowest BCUT2D eigenvalue weighted by molar-refractivity contribution is 0.380. The molecule has 1 aromatic rings. The summed E-state index contributed by atoms with van der Waals surface area (Å²) < 4.78 is 0. The highest BCUT2D eigenvalue weighted by Gasteiger charge is 2.43. The van der Waals surface area contributed by atoms with Gasteiger partial charge in [0.05, 0.1) is 16.9 Å². The van der Waals surface area contributed by atoms with Crippen molar-refractivity contribution in [3.63, 3.8) is 0 Å². The Kier molecular flexibility index (Phi) is 2.65. The summed E-state index contributed by atoms with van der Waals surface area (Å²) >= 11 is 0. The molecule has 0 atom stereocenters. The van der Waals surface area contributed by atoms with Crippen molar-refractivity contribution < 1.29 is 5.11 Å². The van der Waals surface area contributed by atoms with Gasteiger partial charge < -0.3 is 15.3 Å². The van der Waals surface area contributed by atoms with Gasteiger partial charge in [-0.25, -0.2) is 0 Å². The minimum absolute atomic E-state index is 0.290. The standard InChI is InChI=1S/C15H22N2O/c1-11(2)17-14-6-5-12(18)9-13(14)16-10-15(17)7-3-4-8-15/h5-6,9,11,16,18H,3-4,7-8,10H2,1-2H3. The molecular formula is C15H22N2O. The number of anilines is 2. The van der Waals surface area contributed by atoms with Crippen LogP contribution in [0.4, 0.5) is 11.4 Å². The molecule has 98 valence electrons. The molecule has 1 aromatic carbocycles. The molecule has 1 aliphatic carbocycles. The van der Waals surface area contributed by atoms with Crippen molar-refractivity contribution in [2.24, 2.45) is 0 Å². The van der Waals surface area contributed by atoms with Crippen molar-refractivity contribution in [1.82, 2.24) is 0 Å². The molecule has 3 rings (SSSR count). The molecule has 3 nitrogen and oxygen atoms in total. The van der Waals surface area contributed by atoms with Crippen molar-refractivity contribution in [3.05, 3.63) is 18.2 Å². The number of benzene rings is 1. The number of nitrogens with one attached hydrogen (secondary N) is 1. The van der Waals surface area contributed by atoms with Gasteiger partial charge in [-0.05, 0) is 38.8 Å². The zero-order chi connectivity index (χ0) is 12.8. The van der Waals surface area contributed by atoms with Gasteiger partial charge in [-0.15, -0.1) is 0 Å². The summed E-state index contributed by atoms with van der Waals surface area (Å²) in [6.45, 7) is 5.53. The van der Waals surface area contributed by atoms with Crippen LogP contribution in [0.15, 0.2) is 18.2 Å². The van der Waals surface area contributed by atoms with Crippen molar-refractivity contribution in [3.8, 4) is 5.75 Å². The van der Waals surface area contributed by atoms with Crippen molar-refractivity contribution in [2.45, 2.75) is 51.1 Å². The Morgan fingerprint density at radius 1 is 1.28 bits per heavy atom. The van der Waals surface area contributed by atoms with E-state index in [0.717, 1.165) is 12.2 Å². The number of aromatic hydroxyl groups is 1. The van der Waals surface area contributed by atoms with Gasteiger partial charge in [0.1, 0.15) is 5.75 Å². The first-order valence-electron chi connectivity index (χ1n) is 6.99. The number of phenols is 1. The quantitative estimate of drug-likeness (QED) is 0.797. The van der Waals surface area contributed by atoms with Gasteiger partial charge in [-0.3, -0.25) is 0 Å². The summed E-state index contributed by atoms with van der Waals surface area (Å²) in [4.78, 5) is 2.57. The Balaban J connectivity index is 2.07. The summed E-state index contributed by atoms with van der Waals surface area (Å²) in [5.74, 6) is 0.340. The van der Waals surface area contributed by atoms with Crippen LogP contribution in [-0.2, 0) is 0 Å². The Morgan fingerprint density at radius 3 is 2.67 bits per heavy atom. The number of nitrogens with zero attached hydrogens (tertiary/aromatic N) is 1. The number of rotatable bonds is 1. The predicted octanol–water partition coefficient (Wildman–Crippen LogP) is 3.35. The highest BCUT2D eigenvalue weighted by Crippen LogP contribution is 2.46. The maximum absolute atomic E-state index is 9.61. The first kappa shape index (κ1) is 11.7. The molecule has 1 saturated carbocycles. The Bertz CT molecular complexity index is 450. The second-order valence-corrected chi connectivity index (χ2v) is 5.95. The highest BCUT2D eigenvalue weighted by atomic mass is 16.3. The van der Waals surface area contributed by atoms with E-state index in [0.29, 0.717) is 11.8 Å². The summed E-state index contributed by atoms with van der Waals surface area (Å²) in [6, 6.07) is 6.18. The van der Waals surface area contributed by atoms with E-state index in [1.807, 2.05) is 6.07 Å². The van der Waals surface area contributed by atoms with Crippen LogP contribution in [-0.4, -0.2) is 23.2 Å². The van der Waals surface area contributed by atoms with Crippen LogP contribution in [0.5, 0.6) is 5.75 Å². The second-order valence-electron chi connectivity index (χ2n) is 5.95. The molecule has 2 aliphatic rings. The molecule has 2 N–H and O–H groups in total. The fraction of sp³-hybridized carbons (Fsp3) is 0.600. The lowest BCUT2D eigenvalue weighted by Crippen LogP contribution is -2.57. The SMILES string of the molecule is CC(C)N1c2ccc(O)cc2NCC12CCCC2. The third-order valence-corrected chi connectivity index (χ3v) is 4.41. The van der Waals surface area contributed by atoms with Gasteiger partial charge in [-0.2, -0.15) is 0 Å². The Morgan fingerprint density at radius 2 is 2.00 bits per heavy atom. The van der Waals surface area contributed by atoms with E-state index in [1.165, 1.54) is 31.4 Å². The van der Waals surface area contributed by atoms with Gasteiger partial charge in [0, 0.05) is 18.7 Å². The summed E-state index contributed by atoms with van der Waals surface area (Å²) in [6.07, 6.45) is 5.22. The normalized spacial score (nSPS) is 21.2. The van der Waals surface area contributed by atoms with E-state index in [2.05, 4.69) is 30.1 Å². The Hall–Kier alpha value is -1.38. The third-order valence-electron chi connectivity index (χ3n) is 4.41. The molecule has 1 fully saturated rings. The van der Waals surface area contributed by atoms with Crippen LogP contribution in [0.25, 0.3) is 0 Å². The molecule has 0 unspecified atom stereocenters. The summed E-state index contributed by atoms with van der Waals surface area (Å²) in [5, 5.41) is 13.1. The van der Waals surface area contributed by atoms with Gasteiger partial charge in [0.25, 0.3) is 0 Å². The van der Waals surface area contributed by atoms with Gasteiger partial charge >= 0.3 is 0 Å². The van der Waals surface area contributed by atoms with Crippen molar-refractivity contribution >= 4 is 11.4 Å². The van der Waals surface area contributed by atoms with E-state index in [9.17, 15) is 5.11 Å². The lowest BCUT2D eigenvalue weighted by Gasteiger charge is -2.50. The zero-order valence-corrected chi connectivity index (χ0v) is 11.2. The fourth-order valence-electron chi connectivity index (χ4n) is 3.75. The molecule has 1 spiro atoms. The third kappa shape index (κ3) is 1.64. The maximum Gasteiger partial charge on any atom is 0.117 e. The van der Waals surface area contributed by atoms with Gasteiger partial charge in [-0.1, -0.05) is 12.8 Å². The van der Waals surface area contributed by atoms with Crippen LogP contribution < -0.4 is 10.2 Å². The summed E-state index contributed by atoms with van der Waals surface area (Å²) in [5.41, 5.74) is 2.61. The molecule has 1 aliphatic heterocycles. The van der Waals surface area contributed by atoms with Crippen LogP contribution in [0.2, 0.25) is 0 Å². The smallest absolute Gasteiger partial charge is 0.117 e. The van der Waals surface area contributed by atoms with E-state index >= 15 is 0 Å². The van der Waals surface area contributed by atoms with Gasteiger partial charge in [0.15, 0.2) is 0 Å². The first-order valence-corrected chi connectivity index (χ1v) is 6.99. The first-order chi connectivity index (χ1) is 8.62. The van der Waals surface area contributed by atoms with Crippen molar-refractivity contribution in [2.75, 3.05) is 16.8 Å². The average Bonchev–Trinajstić information content (AvgIpc) is 2.78. The summed E-state index contributed by atoms with van der Waals surface area (Å²) in [7, 11) is 0. The molecule has 1 heterocycles. The minimum atomic E-state index is 0.290. The van der Waals surface area contributed by atoms with E-state index in [1.54, 1.807) is 6.07 Å². The van der Waals surface area contributed by atoms with Crippen LogP contribution in [0.3, 0.4) is 0 Å². The van der Waals surface area contributed by atoms with Crippen LogP contribution in [0, 0.1) is 0 Å². The number of hydrogen-bond acceptors (Lipinski definition) is 3. The topological polar surface area (TPSA) is 35.5 Å². The zero-order valence-electron chi connectivity index (χ0n) is 11.2.